The van der Waals surface area contributed by atoms with Gasteiger partial charge in [0.1, 0.15) is 0 Å². The molecule has 0 unspecified atom stereocenters. The molecule has 0 aromatic heterocycles. The number of hydrogen-bond acceptors (Lipinski definition) is 1. The highest BCUT2D eigenvalue weighted by molar-refractivity contribution is 6.34. The molecule has 0 heterocycles. The van der Waals surface area contributed by atoms with Gasteiger partial charge in [-0.15, -0.1) is 0 Å². The van der Waals surface area contributed by atoms with Gasteiger partial charge in [-0.05, 0) is 340 Å². The van der Waals surface area contributed by atoms with Gasteiger partial charge in [-0.25, -0.2) is 0 Å². The average molecular weight is 1790 g/mol. The highest BCUT2D eigenvalue weighted by atomic mass is 14.5. The number of hydrogen-bond donors (Lipinski definition) is 0. The fourth-order valence-corrected chi connectivity index (χ4v) is 26.1. The lowest BCUT2D eigenvalue weighted by Gasteiger charge is -2.24. The summed E-state index contributed by atoms with van der Waals surface area (Å²) in [4.78, 5) is 0. The van der Waals surface area contributed by atoms with Crippen molar-refractivity contribution in [2.24, 2.45) is 0 Å². The molecule has 0 amide bonds. The normalized spacial score (nSPS) is 13.5. The van der Waals surface area contributed by atoms with Crippen LogP contribution in [0.2, 0.25) is 0 Å². The van der Waals surface area contributed by atoms with Crippen molar-refractivity contribution in [3.05, 3.63) is 494 Å². The minimum atomic E-state index is -0.206. The Morgan fingerprint density at radius 3 is 0.723 bits per heavy atom. The van der Waals surface area contributed by atoms with Crippen LogP contribution in [0, 0.1) is 11.3 Å². The molecule has 0 aliphatic heterocycles. The number of rotatable bonds is 8. The van der Waals surface area contributed by atoms with Gasteiger partial charge >= 0.3 is 0 Å². The maximum Gasteiger partial charge on any atom is 0.0991 e. The van der Waals surface area contributed by atoms with Crippen LogP contribution in [0.15, 0.2) is 455 Å². The van der Waals surface area contributed by atoms with Gasteiger partial charge in [0.15, 0.2) is 0 Å². The Kier molecular flexibility index (Phi) is 18.0. The molecule has 6 aliphatic carbocycles. The van der Waals surface area contributed by atoms with Gasteiger partial charge in [0.25, 0.3) is 0 Å². The standard InChI is InChI=1S/C48H31N.C47H32.C45H30/c1-48(2)40-26-33(30-22-20-29(28-49)21-23-30)24-25-36(40)45-37-18-11-19-38-44(37)39(27-41(45)48)47-43(32-14-7-4-8-15-32)35-17-10-9-16-34(35)42(46(38)47)31-12-5-3-6-13-31;1-47(2)39-27-32(29-15-6-3-7-16-29)25-26-35(39)44-36-23-14-24-37-43(36)38(28-40(44)47)46-42(31-19-10-5-11-20-31)34-22-13-12-21-33(34)41(45(37)46)30-17-8-4-9-18-30;1-45(2)36-25-24-27-14-9-10-19-30(27)41(36)42-33-22-13-23-34-40(33)35(26-37(42)45)44-39(29-17-7-4-8-18-29)32-21-12-11-20-31(32)38(43(34)44)28-15-5-3-6-16-28/h3-27H,1-2H3;3-28H,1-2H3;3-26H,1-2H3. The van der Waals surface area contributed by atoms with E-state index in [0.717, 1.165) is 5.56 Å². The first-order valence-corrected chi connectivity index (χ1v) is 49.6. The Balaban J connectivity index is 0.000000104. The van der Waals surface area contributed by atoms with Gasteiger partial charge in [-0.2, -0.15) is 5.26 Å². The van der Waals surface area contributed by atoms with Crippen molar-refractivity contribution in [3.8, 4) is 195 Å². The van der Waals surface area contributed by atoms with Crippen LogP contribution >= 0.6 is 0 Å². The molecule has 141 heavy (non-hydrogen) atoms. The van der Waals surface area contributed by atoms with Crippen LogP contribution in [-0.4, -0.2) is 0 Å². The van der Waals surface area contributed by atoms with Crippen LogP contribution in [0.5, 0.6) is 0 Å². The Bertz CT molecular complexity index is 9550. The van der Waals surface area contributed by atoms with Crippen LogP contribution in [0.3, 0.4) is 0 Å². The summed E-state index contributed by atoms with van der Waals surface area (Å²) in [5.74, 6) is 0. The first-order chi connectivity index (χ1) is 69.3. The third-order valence-electron chi connectivity index (χ3n) is 32.4. The lowest BCUT2D eigenvalue weighted by molar-refractivity contribution is 0.661. The minimum Gasteiger partial charge on any atom is -0.192 e. The SMILES string of the molecule is CC1(C)c2cc(-c3ccc(C#N)cc3)ccc2-c2c1cc1c3c(cccc23)-c2c-1c(-c1ccccc1)c1ccccc1c2-c1ccccc1.CC1(C)c2cc(-c3ccccc3)ccc2-c2c1cc1c3c(cccc23)-c2c-1c(-c1ccccc1)c1ccccc1c2-c1ccccc1.CC1(C)c2ccc3ccccc3c2-c2c1cc1c3c(cccc23)-c2c-1c(-c1ccccc1)c1ccccc1c2-c1ccccc1. The van der Waals surface area contributed by atoms with E-state index < -0.39 is 0 Å². The first-order valence-electron chi connectivity index (χ1n) is 49.6. The Labute approximate surface area is 821 Å². The summed E-state index contributed by atoms with van der Waals surface area (Å²) in [5.41, 5.74) is 53.3. The third-order valence-corrected chi connectivity index (χ3v) is 32.4. The van der Waals surface area contributed by atoms with Crippen molar-refractivity contribution in [2.75, 3.05) is 0 Å². The van der Waals surface area contributed by atoms with Crippen molar-refractivity contribution < 1.29 is 0 Å². The molecule has 0 radical (unpaired) electrons. The zero-order chi connectivity index (χ0) is 94.0. The summed E-state index contributed by atoms with van der Waals surface area (Å²) >= 11 is 0. The molecule has 0 spiro atoms. The average Bonchev–Trinajstić information content (AvgIpc) is 1.53. The Morgan fingerprint density at radius 1 is 0.149 bits per heavy atom. The number of nitrogens with zero attached hydrogens (tertiary/aromatic N) is 1. The van der Waals surface area contributed by atoms with Crippen molar-refractivity contribution in [1.29, 1.82) is 5.26 Å². The van der Waals surface area contributed by atoms with Gasteiger partial charge in [-0.3, -0.25) is 0 Å². The minimum absolute atomic E-state index is 0.121. The summed E-state index contributed by atoms with van der Waals surface area (Å²) in [7, 11) is 0. The zero-order valence-corrected chi connectivity index (χ0v) is 79.2. The van der Waals surface area contributed by atoms with E-state index in [1.54, 1.807) is 0 Å². The van der Waals surface area contributed by atoms with Crippen LogP contribution in [0.25, 0.3) is 265 Å². The van der Waals surface area contributed by atoms with Crippen LogP contribution in [0.4, 0.5) is 0 Å². The number of nitriles is 1. The predicted molar refractivity (Wildman–Crippen MR) is 596 cm³/mol. The van der Waals surface area contributed by atoms with Gasteiger partial charge in [0.2, 0.25) is 0 Å². The van der Waals surface area contributed by atoms with Gasteiger partial charge in [0, 0.05) is 16.2 Å². The summed E-state index contributed by atoms with van der Waals surface area (Å²) < 4.78 is 0. The number of fused-ring (bicyclic) bond motifs is 26. The molecule has 0 saturated heterocycles. The van der Waals surface area contributed by atoms with Gasteiger partial charge < -0.3 is 0 Å². The molecule has 24 aromatic carbocycles. The van der Waals surface area contributed by atoms with Crippen LogP contribution in [0.1, 0.15) is 80.5 Å². The highest BCUT2D eigenvalue weighted by Gasteiger charge is 2.46. The zero-order valence-electron chi connectivity index (χ0n) is 79.2. The molecule has 0 fully saturated rings. The fourth-order valence-electron chi connectivity index (χ4n) is 26.1. The van der Waals surface area contributed by atoms with E-state index in [2.05, 4.69) is 490 Å². The third kappa shape index (κ3) is 11.9. The van der Waals surface area contributed by atoms with Crippen LogP contribution < -0.4 is 0 Å². The molecule has 0 saturated carbocycles. The molecular formula is C140H93N. The molecule has 0 N–H and O–H groups in total. The monoisotopic (exact) mass is 1790 g/mol. The topological polar surface area (TPSA) is 23.8 Å². The lowest BCUT2D eigenvalue weighted by Crippen LogP contribution is -2.15. The molecule has 6 aliphatic rings. The van der Waals surface area contributed by atoms with Crippen molar-refractivity contribution >= 4 is 75.4 Å². The van der Waals surface area contributed by atoms with E-state index in [0.29, 0.717) is 5.56 Å². The van der Waals surface area contributed by atoms with Gasteiger partial charge in [-0.1, -0.05) is 454 Å². The maximum absolute atomic E-state index is 9.35. The number of benzene rings is 24. The highest BCUT2D eigenvalue weighted by Crippen LogP contribution is 2.68. The molecule has 1 nitrogen and oxygen atoms in total. The van der Waals surface area contributed by atoms with Crippen molar-refractivity contribution in [3.63, 3.8) is 0 Å². The Morgan fingerprint density at radius 2 is 0.397 bits per heavy atom. The maximum atomic E-state index is 9.35. The molecular weight excluding hydrogens is 1700 g/mol. The second-order valence-electron chi connectivity index (χ2n) is 40.7. The smallest absolute Gasteiger partial charge is 0.0991 e. The fraction of sp³-hybridized carbons (Fsp3) is 0.0643. The second-order valence-corrected chi connectivity index (χ2v) is 40.7. The lowest BCUT2D eigenvalue weighted by atomic mass is 9.79. The summed E-state index contributed by atoms with van der Waals surface area (Å²) in [6, 6.07) is 170. The second kappa shape index (κ2) is 31.1. The molecule has 1 heteroatoms. The van der Waals surface area contributed by atoms with E-state index >= 15 is 0 Å². The first kappa shape index (κ1) is 81.9. The Hall–Kier alpha value is -17.4. The van der Waals surface area contributed by atoms with E-state index in [1.165, 1.54) is 292 Å². The van der Waals surface area contributed by atoms with E-state index in [1.807, 2.05) is 12.1 Å². The largest absolute Gasteiger partial charge is 0.192 e. The van der Waals surface area contributed by atoms with Gasteiger partial charge in [0.05, 0.1) is 11.6 Å². The van der Waals surface area contributed by atoms with E-state index in [9.17, 15) is 5.26 Å². The summed E-state index contributed by atoms with van der Waals surface area (Å²) in [5, 5.41) is 27.9. The quantitative estimate of drug-likeness (QED) is 0.149. The molecule has 658 valence electrons. The molecule has 24 aromatic rings. The van der Waals surface area contributed by atoms with E-state index in [4.69, 9.17) is 0 Å². The summed E-state index contributed by atoms with van der Waals surface area (Å²) in [6.45, 7) is 14.4. The van der Waals surface area contributed by atoms with Crippen molar-refractivity contribution in [2.45, 2.75) is 57.8 Å². The van der Waals surface area contributed by atoms with Crippen LogP contribution in [-0.2, 0) is 16.2 Å². The van der Waals surface area contributed by atoms with Crippen molar-refractivity contribution in [1.82, 2.24) is 0 Å². The van der Waals surface area contributed by atoms with E-state index in [-0.39, 0.29) is 16.2 Å². The predicted octanol–water partition coefficient (Wildman–Crippen LogP) is 38.2. The summed E-state index contributed by atoms with van der Waals surface area (Å²) in [6.07, 6.45) is 0. The molecule has 0 atom stereocenters. The molecule has 30 rings (SSSR count). The molecule has 0 bridgehead atoms.